The average molecular weight is 373 g/mol. The van der Waals surface area contributed by atoms with Gasteiger partial charge in [-0.15, -0.1) is 0 Å². The molecule has 2 heterocycles. The van der Waals surface area contributed by atoms with Crippen molar-refractivity contribution in [3.8, 4) is 0 Å². The third-order valence-corrected chi connectivity index (χ3v) is 6.32. The first-order valence-electron chi connectivity index (χ1n) is 9.78. The summed E-state index contributed by atoms with van der Waals surface area (Å²) in [5.41, 5.74) is 0.684. The van der Waals surface area contributed by atoms with Crippen molar-refractivity contribution >= 4 is 11.9 Å². The van der Waals surface area contributed by atoms with Crippen molar-refractivity contribution in [2.24, 2.45) is 17.3 Å². The predicted octanol–water partition coefficient (Wildman–Crippen LogP) is 2.66. The first-order valence-corrected chi connectivity index (χ1v) is 9.78. The monoisotopic (exact) mass is 373 g/mol. The van der Waals surface area contributed by atoms with E-state index in [0.29, 0.717) is 13.2 Å². The molecule has 3 fully saturated rings. The maximum atomic E-state index is 12.6. The van der Waals surface area contributed by atoms with Crippen LogP contribution < -0.4 is 0 Å². The van der Waals surface area contributed by atoms with Gasteiger partial charge in [0.25, 0.3) is 0 Å². The quantitative estimate of drug-likeness (QED) is 0.794. The lowest BCUT2D eigenvalue weighted by molar-refractivity contribution is -0.126. The van der Waals surface area contributed by atoms with E-state index < -0.39 is 6.09 Å². The van der Waals surface area contributed by atoms with Crippen LogP contribution in [0, 0.1) is 17.3 Å². The maximum absolute atomic E-state index is 12.6. The molecule has 146 valence electrons. The van der Waals surface area contributed by atoms with Gasteiger partial charge in [0.1, 0.15) is 6.61 Å². The lowest BCUT2D eigenvalue weighted by atomic mass is 9.97. The van der Waals surface area contributed by atoms with Crippen molar-refractivity contribution in [2.75, 3.05) is 32.9 Å². The molecule has 1 saturated carbocycles. The minimum Gasteiger partial charge on any atom is -0.445 e. The van der Waals surface area contributed by atoms with Crippen LogP contribution in [0.5, 0.6) is 0 Å². The standard InChI is InChI=1S/C21H27NO5/c1-15-19-18(23)11-22(20(24)26-12-16-5-3-2-4-6-16)13-21(15,19)14-27-17-7-9-25-10-8-17/h2-6,15,17,19H,7-14H2,1H3. The lowest BCUT2D eigenvalue weighted by Gasteiger charge is -2.33. The molecule has 2 saturated heterocycles. The molecule has 1 amide bonds. The number of ether oxygens (including phenoxy) is 3. The maximum Gasteiger partial charge on any atom is 0.410 e. The third-order valence-electron chi connectivity index (χ3n) is 6.32. The summed E-state index contributed by atoms with van der Waals surface area (Å²) < 4.78 is 16.9. The number of piperidine rings is 1. The Bertz CT molecular complexity index is 687. The Labute approximate surface area is 159 Å². The highest BCUT2D eigenvalue weighted by atomic mass is 16.6. The molecule has 2 aliphatic heterocycles. The van der Waals surface area contributed by atoms with Gasteiger partial charge in [-0.25, -0.2) is 4.79 Å². The van der Waals surface area contributed by atoms with Gasteiger partial charge in [0.2, 0.25) is 0 Å². The first-order chi connectivity index (χ1) is 13.1. The number of Topliss-reactive ketones (excluding diaryl/α,β-unsaturated/α-hetero) is 1. The van der Waals surface area contributed by atoms with Crippen LogP contribution in [0.2, 0.25) is 0 Å². The van der Waals surface area contributed by atoms with Crippen LogP contribution >= 0.6 is 0 Å². The summed E-state index contributed by atoms with van der Waals surface area (Å²) in [4.78, 5) is 26.7. The van der Waals surface area contributed by atoms with E-state index in [4.69, 9.17) is 14.2 Å². The van der Waals surface area contributed by atoms with Gasteiger partial charge in [-0.05, 0) is 24.3 Å². The van der Waals surface area contributed by atoms with Crippen molar-refractivity contribution in [2.45, 2.75) is 32.5 Å². The molecule has 0 aromatic heterocycles. The number of likely N-dealkylation sites (tertiary alicyclic amines) is 1. The van der Waals surface area contributed by atoms with Crippen molar-refractivity contribution in [3.63, 3.8) is 0 Å². The number of rotatable bonds is 5. The molecule has 4 rings (SSSR count). The molecule has 6 heteroatoms. The number of hydrogen-bond acceptors (Lipinski definition) is 5. The van der Waals surface area contributed by atoms with Gasteiger partial charge in [0.05, 0.1) is 19.3 Å². The fourth-order valence-corrected chi connectivity index (χ4v) is 4.56. The van der Waals surface area contributed by atoms with Gasteiger partial charge < -0.3 is 19.1 Å². The molecule has 0 spiro atoms. The Morgan fingerprint density at radius 3 is 2.74 bits per heavy atom. The number of carbonyl (C=O) groups excluding carboxylic acids is 2. The number of nitrogens with zero attached hydrogens (tertiary/aromatic N) is 1. The summed E-state index contributed by atoms with van der Waals surface area (Å²) in [6.45, 7) is 4.96. The zero-order valence-electron chi connectivity index (χ0n) is 15.8. The minimum absolute atomic E-state index is 0.00974. The van der Waals surface area contributed by atoms with E-state index in [1.54, 1.807) is 4.90 Å². The molecule has 6 nitrogen and oxygen atoms in total. The van der Waals surface area contributed by atoms with Crippen molar-refractivity contribution < 1.29 is 23.8 Å². The molecule has 0 radical (unpaired) electrons. The Balaban J connectivity index is 1.35. The van der Waals surface area contributed by atoms with Gasteiger partial charge in [0, 0.05) is 31.1 Å². The second kappa shape index (κ2) is 7.60. The molecule has 0 bridgehead atoms. The molecule has 27 heavy (non-hydrogen) atoms. The number of ketones is 1. The molecule has 3 atom stereocenters. The van der Waals surface area contributed by atoms with Crippen LogP contribution in [-0.2, 0) is 25.6 Å². The second-order valence-corrected chi connectivity index (χ2v) is 7.98. The van der Waals surface area contributed by atoms with E-state index in [1.165, 1.54) is 0 Å². The first kappa shape index (κ1) is 18.4. The van der Waals surface area contributed by atoms with Crippen LogP contribution in [-0.4, -0.2) is 55.8 Å². The highest BCUT2D eigenvalue weighted by molar-refractivity contribution is 5.91. The topological polar surface area (TPSA) is 65.1 Å². The molecule has 3 aliphatic rings. The smallest absolute Gasteiger partial charge is 0.410 e. The highest BCUT2D eigenvalue weighted by Gasteiger charge is 2.68. The fourth-order valence-electron chi connectivity index (χ4n) is 4.56. The molecule has 1 aromatic rings. The van der Waals surface area contributed by atoms with Crippen molar-refractivity contribution in [3.05, 3.63) is 35.9 Å². The van der Waals surface area contributed by atoms with Gasteiger partial charge >= 0.3 is 6.09 Å². The number of benzene rings is 1. The molecule has 0 N–H and O–H groups in total. The van der Waals surface area contributed by atoms with Crippen LogP contribution in [0.25, 0.3) is 0 Å². The fraction of sp³-hybridized carbons (Fsp3) is 0.619. The van der Waals surface area contributed by atoms with Crippen LogP contribution in [0.15, 0.2) is 30.3 Å². The van der Waals surface area contributed by atoms with Gasteiger partial charge in [-0.2, -0.15) is 0 Å². The summed E-state index contributed by atoms with van der Waals surface area (Å²) in [6, 6.07) is 9.57. The van der Waals surface area contributed by atoms with Crippen LogP contribution in [0.3, 0.4) is 0 Å². The van der Waals surface area contributed by atoms with E-state index in [0.717, 1.165) is 31.6 Å². The zero-order chi connectivity index (χ0) is 18.9. The van der Waals surface area contributed by atoms with E-state index >= 15 is 0 Å². The average Bonchev–Trinajstić information content (AvgIpc) is 3.31. The van der Waals surface area contributed by atoms with Crippen LogP contribution in [0.1, 0.15) is 25.3 Å². The number of hydrogen-bond donors (Lipinski definition) is 0. The van der Waals surface area contributed by atoms with E-state index in [-0.39, 0.29) is 42.3 Å². The Morgan fingerprint density at radius 2 is 2.00 bits per heavy atom. The minimum atomic E-state index is -0.421. The van der Waals surface area contributed by atoms with Gasteiger partial charge in [-0.1, -0.05) is 37.3 Å². The molecule has 3 unspecified atom stereocenters. The zero-order valence-corrected chi connectivity index (χ0v) is 15.8. The molecular weight excluding hydrogens is 346 g/mol. The van der Waals surface area contributed by atoms with Gasteiger partial charge in [-0.3, -0.25) is 4.79 Å². The summed E-state index contributed by atoms with van der Waals surface area (Å²) in [7, 11) is 0. The SMILES string of the molecule is CC1C2C(=O)CN(C(=O)OCc3ccccc3)CC12COC1CCOCC1. The number of fused-ring (bicyclic) bond motifs is 1. The summed E-state index contributed by atoms with van der Waals surface area (Å²) >= 11 is 0. The summed E-state index contributed by atoms with van der Waals surface area (Å²) in [5.74, 6) is 0.383. The van der Waals surface area contributed by atoms with Crippen molar-refractivity contribution in [1.29, 1.82) is 0 Å². The third kappa shape index (κ3) is 3.73. The van der Waals surface area contributed by atoms with E-state index in [9.17, 15) is 9.59 Å². The summed E-state index contributed by atoms with van der Waals surface area (Å²) in [5, 5.41) is 0. The van der Waals surface area contributed by atoms with E-state index in [2.05, 4.69) is 6.92 Å². The van der Waals surface area contributed by atoms with E-state index in [1.807, 2.05) is 30.3 Å². The largest absolute Gasteiger partial charge is 0.445 e. The van der Waals surface area contributed by atoms with Crippen molar-refractivity contribution in [1.82, 2.24) is 4.90 Å². The Hall–Kier alpha value is -1.92. The molecular formula is C21H27NO5. The predicted molar refractivity (Wildman–Crippen MR) is 98.1 cm³/mol. The lowest BCUT2D eigenvalue weighted by Crippen LogP contribution is -2.47. The normalized spacial score (nSPS) is 30.7. The Morgan fingerprint density at radius 1 is 1.26 bits per heavy atom. The molecule has 1 aliphatic carbocycles. The van der Waals surface area contributed by atoms with Crippen LogP contribution in [0.4, 0.5) is 4.79 Å². The highest BCUT2D eigenvalue weighted by Crippen LogP contribution is 2.61. The molecule has 1 aromatic carbocycles. The number of carbonyl (C=O) groups is 2. The van der Waals surface area contributed by atoms with Gasteiger partial charge in [0.15, 0.2) is 5.78 Å². The Kier molecular flexibility index (Phi) is 5.19. The second-order valence-electron chi connectivity index (χ2n) is 7.98. The number of amides is 1. The summed E-state index contributed by atoms with van der Waals surface area (Å²) in [6.07, 6.45) is 1.56.